The third-order valence-electron chi connectivity index (χ3n) is 19.8. The van der Waals surface area contributed by atoms with Crippen molar-refractivity contribution in [2.75, 3.05) is 18.1 Å². The van der Waals surface area contributed by atoms with Gasteiger partial charge in [-0.1, -0.05) is 74.3 Å². The number of rotatable bonds is 6. The van der Waals surface area contributed by atoms with E-state index in [2.05, 4.69) is 32.9 Å². The summed E-state index contributed by atoms with van der Waals surface area (Å²) in [5, 5.41) is 84.7. The number of epoxide rings is 1. The molecule has 0 aromatic heterocycles. The van der Waals surface area contributed by atoms with Crippen molar-refractivity contribution in [3.05, 3.63) is 47.6 Å². The molecule has 11 nitrogen and oxygen atoms in total. The molecule has 64 heavy (non-hydrogen) atoms. The molecule has 1 amide bonds. The van der Waals surface area contributed by atoms with E-state index in [4.69, 9.17) is 4.74 Å². The van der Waals surface area contributed by atoms with E-state index in [0.29, 0.717) is 81.5 Å². The molecule has 6 aliphatic carbocycles. The van der Waals surface area contributed by atoms with E-state index in [1.807, 2.05) is 17.9 Å². The van der Waals surface area contributed by atoms with Crippen LogP contribution in [0.5, 0.6) is 5.75 Å². The fraction of sp³-hybridized carbons (Fsp3) is 0.765. The van der Waals surface area contributed by atoms with E-state index in [0.717, 1.165) is 31.2 Å². The van der Waals surface area contributed by atoms with Crippen LogP contribution in [0.25, 0.3) is 0 Å². The number of ether oxygens (including phenoxy) is 1. The number of anilines is 1. The van der Waals surface area contributed by atoms with Crippen molar-refractivity contribution in [3.8, 4) is 5.75 Å². The Hall–Kier alpha value is -1.94. The summed E-state index contributed by atoms with van der Waals surface area (Å²) in [6.07, 6.45) is 10.5. The lowest BCUT2D eigenvalue weighted by Gasteiger charge is -2.67. The van der Waals surface area contributed by atoms with Gasteiger partial charge in [0.2, 0.25) is 5.91 Å². The Labute approximate surface area is 386 Å². The maximum absolute atomic E-state index is 15.5. The molecule has 5 aliphatic heterocycles. The second kappa shape index (κ2) is 16.1. The van der Waals surface area contributed by atoms with Gasteiger partial charge in [0.05, 0.1) is 34.7 Å². The fourth-order valence-corrected chi connectivity index (χ4v) is 19.7. The Morgan fingerprint density at radius 3 is 2.50 bits per heavy atom. The molecule has 17 unspecified atom stereocenters. The summed E-state index contributed by atoms with van der Waals surface area (Å²) in [5.74, 6) is -0.911. The lowest BCUT2D eigenvalue weighted by atomic mass is 9.39. The highest BCUT2D eigenvalue weighted by Gasteiger charge is 2.78. The van der Waals surface area contributed by atoms with Crippen LogP contribution in [0.1, 0.15) is 123 Å². The van der Waals surface area contributed by atoms with Crippen molar-refractivity contribution in [2.24, 2.45) is 57.2 Å². The first-order chi connectivity index (χ1) is 30.4. The molecule has 3 spiro atoms. The summed E-state index contributed by atoms with van der Waals surface area (Å²) < 4.78 is 6.48. The average Bonchev–Trinajstić information content (AvgIpc) is 3.94. The van der Waals surface area contributed by atoms with Crippen molar-refractivity contribution in [1.82, 2.24) is 0 Å². The molecule has 17 atom stereocenters. The average molecular weight is 922 g/mol. The normalized spacial score (nSPS) is 47.9. The molecule has 4 saturated carbocycles. The molecule has 0 radical (unpaired) electrons. The number of ketones is 1. The second-order valence-electron chi connectivity index (χ2n) is 22.6. The van der Waals surface area contributed by atoms with Crippen molar-refractivity contribution in [1.29, 1.82) is 0 Å². The Morgan fingerprint density at radius 1 is 0.953 bits per heavy atom. The van der Waals surface area contributed by atoms with E-state index in [1.54, 1.807) is 18.2 Å². The maximum Gasteiger partial charge on any atom is 0.233 e. The summed E-state index contributed by atoms with van der Waals surface area (Å²) >= 11 is 0. The molecule has 5 heterocycles. The minimum absolute atomic E-state index is 0.0143. The van der Waals surface area contributed by atoms with Gasteiger partial charge in [-0.05, 0) is 148 Å². The van der Waals surface area contributed by atoms with Crippen LogP contribution in [0.15, 0.2) is 42.0 Å². The molecule has 7 N–H and O–H groups in total. The minimum Gasteiger partial charge on any atom is -0.508 e. The molecule has 11 aliphatic rings. The summed E-state index contributed by atoms with van der Waals surface area (Å²) in [6.45, 7) is 8.98. The first-order valence-electron chi connectivity index (χ1n) is 24.6. The zero-order chi connectivity index (χ0) is 45.4. The number of phenolic OH excluding ortho intramolecular Hbond substituents is 1. The van der Waals surface area contributed by atoms with Crippen molar-refractivity contribution >= 4 is 39.0 Å². The summed E-state index contributed by atoms with van der Waals surface area (Å²) in [4.78, 5) is 32.5. The molecule has 8 bridgehead atoms. The SMILES string of the molecule is CC(C)C(C)C1OC1C1(O)CC=CC2CC3C4=CC(=O)C5(CC(O)C(O)CC35C)C(O)SSC(CCCO)C3CCCCC35CCN(C5=O)c3cc(O)cc(c3)CCC23C1CCC43O. The van der Waals surface area contributed by atoms with Gasteiger partial charge in [0.15, 0.2) is 5.78 Å². The summed E-state index contributed by atoms with van der Waals surface area (Å²) in [6, 6.07) is 5.46. The third kappa shape index (κ3) is 6.32. The van der Waals surface area contributed by atoms with Gasteiger partial charge in [-0.2, -0.15) is 0 Å². The number of carbonyl (C=O) groups is 2. The molecule has 1 aromatic rings. The molecular weight excluding hydrogens is 851 g/mol. The van der Waals surface area contributed by atoms with E-state index >= 15 is 9.59 Å². The predicted octanol–water partition coefficient (Wildman–Crippen LogP) is 6.62. The van der Waals surface area contributed by atoms with E-state index in [9.17, 15) is 35.7 Å². The zero-order valence-corrected chi connectivity index (χ0v) is 39.7. The number of amides is 1. The fourth-order valence-electron chi connectivity index (χ4n) is 16.1. The first-order valence-corrected chi connectivity index (χ1v) is 26.8. The van der Waals surface area contributed by atoms with Crippen LogP contribution in [-0.4, -0.2) is 107 Å². The van der Waals surface area contributed by atoms with Crippen molar-refractivity contribution in [2.45, 2.75) is 170 Å². The number of phenols is 1. The lowest BCUT2D eigenvalue weighted by Crippen LogP contribution is -2.70. The van der Waals surface area contributed by atoms with Crippen molar-refractivity contribution in [3.63, 3.8) is 0 Å². The van der Waals surface area contributed by atoms with E-state index in [-0.39, 0.29) is 66.0 Å². The molecule has 352 valence electrons. The molecule has 1 aromatic carbocycles. The largest absolute Gasteiger partial charge is 0.508 e. The quantitative estimate of drug-likeness (QED) is 0.0919. The van der Waals surface area contributed by atoms with Gasteiger partial charge in [-0.3, -0.25) is 9.59 Å². The van der Waals surface area contributed by atoms with Crippen LogP contribution in [0.2, 0.25) is 0 Å². The Bertz CT molecular complexity index is 2100. The highest BCUT2D eigenvalue weighted by molar-refractivity contribution is 8.77. The van der Waals surface area contributed by atoms with Gasteiger partial charge < -0.3 is 45.4 Å². The topological polar surface area (TPSA) is 192 Å². The summed E-state index contributed by atoms with van der Waals surface area (Å²) in [7, 11) is 2.73. The van der Waals surface area contributed by atoms with Gasteiger partial charge >= 0.3 is 0 Å². The number of aryl methyl sites for hydroxylation is 1. The highest BCUT2D eigenvalue weighted by Crippen LogP contribution is 2.76. The molecule has 6 fully saturated rings. The number of hydrogen-bond donors (Lipinski definition) is 7. The number of carbonyl (C=O) groups excluding carboxylic acids is 2. The number of aliphatic hydroxyl groups excluding tert-OH is 4. The zero-order valence-electron chi connectivity index (χ0n) is 38.0. The minimum atomic E-state index is -1.56. The number of allylic oxidation sites excluding steroid dienone is 2. The van der Waals surface area contributed by atoms with Crippen LogP contribution in [0.3, 0.4) is 0 Å². The van der Waals surface area contributed by atoms with Gasteiger partial charge in [0.25, 0.3) is 0 Å². The van der Waals surface area contributed by atoms with Crippen molar-refractivity contribution < 1.29 is 50.1 Å². The monoisotopic (exact) mass is 921 g/mol. The predicted molar refractivity (Wildman–Crippen MR) is 247 cm³/mol. The van der Waals surface area contributed by atoms with Gasteiger partial charge in [-0.15, -0.1) is 0 Å². The smallest absolute Gasteiger partial charge is 0.233 e. The number of aliphatic hydroxyl groups is 6. The van der Waals surface area contributed by atoms with E-state index < -0.39 is 68.4 Å². The first kappa shape index (κ1) is 45.8. The van der Waals surface area contributed by atoms with Crippen LogP contribution in [-0.2, 0) is 20.7 Å². The molecule has 12 rings (SSSR count). The van der Waals surface area contributed by atoms with Crippen LogP contribution in [0, 0.1) is 57.2 Å². The van der Waals surface area contributed by atoms with Gasteiger partial charge in [-0.25, -0.2) is 0 Å². The number of nitrogens with zero attached hydrogens (tertiary/aromatic N) is 1. The van der Waals surface area contributed by atoms with Crippen LogP contribution < -0.4 is 4.90 Å². The number of benzene rings is 1. The summed E-state index contributed by atoms with van der Waals surface area (Å²) in [5.41, 5.74) is -6.31. The Balaban J connectivity index is 1.16. The maximum atomic E-state index is 15.5. The third-order valence-corrected chi connectivity index (χ3v) is 22.9. The van der Waals surface area contributed by atoms with E-state index in [1.165, 1.54) is 21.6 Å². The van der Waals surface area contributed by atoms with Crippen LogP contribution >= 0.6 is 21.6 Å². The second-order valence-corrected chi connectivity index (χ2v) is 25.1. The van der Waals surface area contributed by atoms with Gasteiger partial charge in [0.1, 0.15) is 22.9 Å². The Morgan fingerprint density at radius 2 is 1.73 bits per heavy atom. The molecule has 13 heteroatoms. The molecular formula is C51H71NO10S2. The number of fused-ring (bicyclic) bond motifs is 1. The number of aromatic hydroxyl groups is 1. The Kier molecular flexibility index (Phi) is 11.5. The highest BCUT2D eigenvalue weighted by atomic mass is 33.1. The van der Waals surface area contributed by atoms with Crippen LogP contribution in [0.4, 0.5) is 5.69 Å². The molecule has 2 saturated heterocycles. The number of hydrogen-bond acceptors (Lipinski definition) is 12. The standard InChI is InChI=1S/C51H71NO10S2/c1-28(2)29(3)42-43(62-42)50(60)15-7-9-31-23-35-36-25-41(57)49(27-38(56)37(55)26-46(35,49)4)45(59)64-63-39(11-8-20-53)34-10-5-6-14-47(34)18-19-52(44(47)58)32-21-30(22-33(54)24-32)12-16-48(31)40(50)13-17-51(36,48)61/h7,9,21-22,24-25,28-29,31,34-35,37-40,42-43,45,53-56,59-61H,5-6,8,10-20,23,26-27H2,1-4H3. The lowest BCUT2D eigenvalue weighted by molar-refractivity contribution is -0.206. The van der Waals surface area contributed by atoms with Gasteiger partial charge in [0, 0.05) is 41.5 Å².